The molecule has 0 saturated heterocycles. The standard InChI is InChI=1S/C17H19FO2/c18-16-9-4-6-14(12-16)13-20-11-5-10-17(19)15-7-2-1-3-8-15/h1-4,6-9,12,17,19H,5,10-11,13H2. The number of aliphatic hydroxyl groups is 1. The van der Waals surface area contributed by atoms with Crippen LogP contribution in [0, 0.1) is 5.82 Å². The van der Waals surface area contributed by atoms with E-state index in [4.69, 9.17) is 4.74 Å². The first-order chi connectivity index (χ1) is 9.75. The molecule has 0 amide bonds. The van der Waals surface area contributed by atoms with Crippen molar-refractivity contribution in [3.63, 3.8) is 0 Å². The lowest BCUT2D eigenvalue weighted by atomic mass is 10.1. The number of benzene rings is 2. The summed E-state index contributed by atoms with van der Waals surface area (Å²) in [6.07, 6.45) is 0.979. The summed E-state index contributed by atoms with van der Waals surface area (Å²) in [5.74, 6) is -0.245. The van der Waals surface area contributed by atoms with E-state index in [9.17, 15) is 9.50 Å². The Morgan fingerprint density at radius 2 is 1.85 bits per heavy atom. The Morgan fingerprint density at radius 3 is 2.60 bits per heavy atom. The first kappa shape index (κ1) is 14.7. The molecule has 2 aromatic carbocycles. The van der Waals surface area contributed by atoms with Crippen LogP contribution in [0.25, 0.3) is 0 Å². The van der Waals surface area contributed by atoms with Gasteiger partial charge in [0.15, 0.2) is 0 Å². The molecule has 3 heteroatoms. The number of halogens is 1. The highest BCUT2D eigenvalue weighted by Crippen LogP contribution is 2.17. The predicted octanol–water partition coefficient (Wildman–Crippen LogP) is 3.86. The Morgan fingerprint density at radius 1 is 1.05 bits per heavy atom. The Hall–Kier alpha value is -1.71. The van der Waals surface area contributed by atoms with Gasteiger partial charge in [-0.25, -0.2) is 4.39 Å². The molecule has 0 bridgehead atoms. The summed E-state index contributed by atoms with van der Waals surface area (Å²) in [4.78, 5) is 0. The zero-order valence-electron chi connectivity index (χ0n) is 11.3. The number of hydrogen-bond donors (Lipinski definition) is 1. The second-order valence-electron chi connectivity index (χ2n) is 4.75. The van der Waals surface area contributed by atoms with Gasteiger partial charge in [-0.3, -0.25) is 0 Å². The average Bonchev–Trinajstić information content (AvgIpc) is 2.48. The van der Waals surface area contributed by atoms with Gasteiger partial charge >= 0.3 is 0 Å². The zero-order valence-corrected chi connectivity index (χ0v) is 11.3. The summed E-state index contributed by atoms with van der Waals surface area (Å²) < 4.78 is 18.4. The van der Waals surface area contributed by atoms with Gasteiger partial charge in [0.1, 0.15) is 5.82 Å². The molecule has 0 radical (unpaired) electrons. The summed E-state index contributed by atoms with van der Waals surface area (Å²) in [6.45, 7) is 0.958. The second kappa shape index (κ2) is 7.78. The van der Waals surface area contributed by atoms with Crippen LogP contribution in [0.2, 0.25) is 0 Å². The quantitative estimate of drug-likeness (QED) is 0.777. The zero-order chi connectivity index (χ0) is 14.2. The van der Waals surface area contributed by atoms with Crippen LogP contribution in [0.3, 0.4) is 0 Å². The normalized spacial score (nSPS) is 12.3. The van der Waals surface area contributed by atoms with Gasteiger partial charge in [0.2, 0.25) is 0 Å². The van der Waals surface area contributed by atoms with Crippen molar-refractivity contribution in [2.75, 3.05) is 6.61 Å². The molecule has 1 unspecified atom stereocenters. The molecule has 2 rings (SSSR count). The third-order valence-corrected chi connectivity index (χ3v) is 3.11. The van der Waals surface area contributed by atoms with Gasteiger partial charge in [-0.15, -0.1) is 0 Å². The second-order valence-corrected chi connectivity index (χ2v) is 4.75. The maximum Gasteiger partial charge on any atom is 0.123 e. The molecule has 2 aromatic rings. The molecular formula is C17H19FO2. The van der Waals surface area contributed by atoms with Crippen molar-refractivity contribution in [3.05, 3.63) is 71.5 Å². The van der Waals surface area contributed by atoms with E-state index in [1.54, 1.807) is 6.07 Å². The highest BCUT2D eigenvalue weighted by Gasteiger charge is 2.06. The molecule has 2 nitrogen and oxygen atoms in total. The maximum absolute atomic E-state index is 12.9. The van der Waals surface area contributed by atoms with Crippen molar-refractivity contribution < 1.29 is 14.2 Å². The average molecular weight is 274 g/mol. The van der Waals surface area contributed by atoms with Gasteiger partial charge in [-0.2, -0.15) is 0 Å². The maximum atomic E-state index is 12.9. The van der Waals surface area contributed by atoms with Gasteiger partial charge in [-0.05, 0) is 36.1 Å². The van der Waals surface area contributed by atoms with E-state index < -0.39 is 6.10 Å². The fraction of sp³-hybridized carbons (Fsp3) is 0.294. The summed E-state index contributed by atoms with van der Waals surface area (Å²) >= 11 is 0. The van der Waals surface area contributed by atoms with Crippen LogP contribution >= 0.6 is 0 Å². The van der Waals surface area contributed by atoms with Crippen LogP contribution in [0.5, 0.6) is 0 Å². The van der Waals surface area contributed by atoms with Crippen molar-refractivity contribution in [3.8, 4) is 0 Å². The number of aliphatic hydroxyl groups excluding tert-OH is 1. The monoisotopic (exact) mass is 274 g/mol. The van der Waals surface area contributed by atoms with E-state index in [1.807, 2.05) is 36.4 Å². The molecular weight excluding hydrogens is 255 g/mol. The molecule has 0 spiro atoms. The molecule has 0 heterocycles. The van der Waals surface area contributed by atoms with E-state index in [0.717, 1.165) is 17.5 Å². The molecule has 0 aliphatic heterocycles. The van der Waals surface area contributed by atoms with E-state index in [2.05, 4.69) is 0 Å². The Labute approximate surface area is 118 Å². The first-order valence-corrected chi connectivity index (χ1v) is 6.81. The summed E-state index contributed by atoms with van der Waals surface area (Å²) in [7, 11) is 0. The molecule has 0 fully saturated rings. The molecule has 0 saturated carbocycles. The van der Waals surface area contributed by atoms with Gasteiger partial charge in [0, 0.05) is 6.61 Å². The largest absolute Gasteiger partial charge is 0.388 e. The lowest BCUT2D eigenvalue weighted by Crippen LogP contribution is -2.01. The van der Waals surface area contributed by atoms with Crippen molar-refractivity contribution in [1.82, 2.24) is 0 Å². The highest BCUT2D eigenvalue weighted by atomic mass is 19.1. The molecule has 20 heavy (non-hydrogen) atoms. The highest BCUT2D eigenvalue weighted by molar-refractivity contribution is 5.17. The van der Waals surface area contributed by atoms with Crippen LogP contribution in [0.15, 0.2) is 54.6 Å². The van der Waals surface area contributed by atoms with Crippen molar-refractivity contribution in [2.24, 2.45) is 0 Å². The van der Waals surface area contributed by atoms with Crippen molar-refractivity contribution >= 4 is 0 Å². The third-order valence-electron chi connectivity index (χ3n) is 3.11. The SMILES string of the molecule is OC(CCCOCc1cccc(F)c1)c1ccccc1. The van der Waals surface area contributed by atoms with E-state index in [1.165, 1.54) is 12.1 Å². The van der Waals surface area contributed by atoms with Crippen LogP contribution in [0.4, 0.5) is 4.39 Å². The van der Waals surface area contributed by atoms with Crippen LogP contribution in [-0.4, -0.2) is 11.7 Å². The van der Waals surface area contributed by atoms with Gasteiger partial charge in [0.25, 0.3) is 0 Å². The number of ether oxygens (including phenoxy) is 1. The smallest absolute Gasteiger partial charge is 0.123 e. The number of hydrogen-bond acceptors (Lipinski definition) is 2. The van der Waals surface area contributed by atoms with Crippen LogP contribution in [-0.2, 0) is 11.3 Å². The van der Waals surface area contributed by atoms with E-state index in [-0.39, 0.29) is 5.82 Å². The topological polar surface area (TPSA) is 29.5 Å². The minimum absolute atomic E-state index is 0.245. The van der Waals surface area contributed by atoms with Gasteiger partial charge < -0.3 is 9.84 Å². The molecule has 1 atom stereocenters. The lowest BCUT2D eigenvalue weighted by molar-refractivity contribution is 0.0971. The predicted molar refractivity (Wildman–Crippen MR) is 76.7 cm³/mol. The Balaban J connectivity index is 1.64. The van der Waals surface area contributed by atoms with Crippen molar-refractivity contribution in [1.29, 1.82) is 0 Å². The summed E-state index contributed by atoms with van der Waals surface area (Å²) in [5, 5.41) is 9.97. The van der Waals surface area contributed by atoms with Crippen LogP contribution < -0.4 is 0 Å². The first-order valence-electron chi connectivity index (χ1n) is 6.81. The van der Waals surface area contributed by atoms with E-state index in [0.29, 0.717) is 19.6 Å². The lowest BCUT2D eigenvalue weighted by Gasteiger charge is -2.11. The van der Waals surface area contributed by atoms with Crippen molar-refractivity contribution in [2.45, 2.75) is 25.6 Å². The number of rotatable bonds is 7. The van der Waals surface area contributed by atoms with Gasteiger partial charge in [-0.1, -0.05) is 42.5 Å². The fourth-order valence-corrected chi connectivity index (χ4v) is 2.04. The van der Waals surface area contributed by atoms with Gasteiger partial charge in [0.05, 0.1) is 12.7 Å². The molecule has 0 aromatic heterocycles. The molecule has 0 aliphatic carbocycles. The Bertz CT molecular complexity index is 513. The summed E-state index contributed by atoms with van der Waals surface area (Å²) in [6, 6.07) is 16.0. The Kier molecular flexibility index (Phi) is 5.71. The van der Waals surface area contributed by atoms with E-state index >= 15 is 0 Å². The minimum atomic E-state index is -0.450. The fourth-order valence-electron chi connectivity index (χ4n) is 2.04. The minimum Gasteiger partial charge on any atom is -0.388 e. The summed E-state index contributed by atoms with van der Waals surface area (Å²) in [5.41, 5.74) is 1.76. The molecule has 1 N–H and O–H groups in total. The molecule has 106 valence electrons. The van der Waals surface area contributed by atoms with Crippen LogP contribution in [0.1, 0.15) is 30.1 Å². The third kappa shape index (κ3) is 4.76. The molecule has 0 aliphatic rings.